The molecule has 15 heavy (non-hydrogen) atoms. The molecule has 1 N–H and O–H groups in total. The van der Waals surface area contributed by atoms with Crippen molar-refractivity contribution in [2.45, 2.75) is 19.9 Å². The number of rotatable bonds is 5. The van der Waals surface area contributed by atoms with Gasteiger partial charge >= 0.3 is 0 Å². The molecule has 0 fully saturated rings. The zero-order valence-corrected chi connectivity index (χ0v) is 9.21. The van der Waals surface area contributed by atoms with Gasteiger partial charge in [0.1, 0.15) is 0 Å². The normalized spacial score (nSPS) is 12.5. The van der Waals surface area contributed by atoms with Crippen molar-refractivity contribution in [3.63, 3.8) is 0 Å². The lowest BCUT2D eigenvalue weighted by Crippen LogP contribution is -2.18. The number of hydrogen-bond acceptors (Lipinski definition) is 3. The van der Waals surface area contributed by atoms with Crippen LogP contribution < -0.4 is 10.2 Å². The first kappa shape index (κ1) is 11.9. The molecule has 1 aromatic rings. The lowest BCUT2D eigenvalue weighted by Gasteiger charge is -2.14. The quantitative estimate of drug-likeness (QED) is 0.762. The van der Waals surface area contributed by atoms with Gasteiger partial charge in [0.15, 0.2) is 11.6 Å². The van der Waals surface area contributed by atoms with E-state index in [0.29, 0.717) is 6.61 Å². The van der Waals surface area contributed by atoms with Crippen molar-refractivity contribution in [3.05, 3.63) is 29.6 Å². The molecule has 3 nitrogen and oxygen atoms in total. The SMILES string of the molecule is CCONC(C)c1ccc(F)c(OC)c1. The van der Waals surface area contributed by atoms with Gasteiger partial charge in [0, 0.05) is 0 Å². The standard InChI is InChI=1S/C11H16FNO2/c1-4-15-13-8(2)9-5-6-10(12)11(7-9)14-3/h5-8,13H,4H2,1-3H3. The molecule has 1 aromatic carbocycles. The summed E-state index contributed by atoms with van der Waals surface area (Å²) in [6.07, 6.45) is 0. The van der Waals surface area contributed by atoms with E-state index in [2.05, 4.69) is 5.48 Å². The summed E-state index contributed by atoms with van der Waals surface area (Å²) in [4.78, 5) is 5.07. The molecule has 4 heteroatoms. The maximum absolute atomic E-state index is 13.1. The van der Waals surface area contributed by atoms with Crippen molar-refractivity contribution >= 4 is 0 Å². The second kappa shape index (κ2) is 5.68. The van der Waals surface area contributed by atoms with Crippen LogP contribution in [0, 0.1) is 5.82 Å². The summed E-state index contributed by atoms with van der Waals surface area (Å²) in [5.74, 6) is -0.109. The topological polar surface area (TPSA) is 30.5 Å². The molecule has 0 amide bonds. The van der Waals surface area contributed by atoms with E-state index in [1.165, 1.54) is 13.2 Å². The summed E-state index contributed by atoms with van der Waals surface area (Å²) in [5, 5.41) is 0. The van der Waals surface area contributed by atoms with Gasteiger partial charge in [-0.2, -0.15) is 5.48 Å². The number of nitrogens with one attached hydrogen (secondary N) is 1. The van der Waals surface area contributed by atoms with Crippen LogP contribution in [0.4, 0.5) is 4.39 Å². The van der Waals surface area contributed by atoms with E-state index in [4.69, 9.17) is 9.57 Å². The number of ether oxygens (including phenoxy) is 1. The molecule has 0 aliphatic heterocycles. The molecule has 0 aliphatic rings. The molecular formula is C11H16FNO2. The predicted molar refractivity (Wildman–Crippen MR) is 56.1 cm³/mol. The fourth-order valence-electron chi connectivity index (χ4n) is 1.22. The van der Waals surface area contributed by atoms with E-state index in [1.54, 1.807) is 12.1 Å². The minimum atomic E-state index is -0.357. The third kappa shape index (κ3) is 3.18. The Kier molecular flexibility index (Phi) is 4.52. The van der Waals surface area contributed by atoms with E-state index in [0.717, 1.165) is 5.56 Å². The molecule has 0 aliphatic carbocycles. The minimum Gasteiger partial charge on any atom is -0.494 e. The molecule has 1 unspecified atom stereocenters. The van der Waals surface area contributed by atoms with Gasteiger partial charge in [-0.25, -0.2) is 4.39 Å². The average Bonchev–Trinajstić information content (AvgIpc) is 2.26. The molecule has 0 spiro atoms. The summed E-state index contributed by atoms with van der Waals surface area (Å²) in [5.41, 5.74) is 3.76. The number of hydrogen-bond donors (Lipinski definition) is 1. The van der Waals surface area contributed by atoms with E-state index in [-0.39, 0.29) is 17.6 Å². The second-order valence-electron chi connectivity index (χ2n) is 3.17. The average molecular weight is 213 g/mol. The Morgan fingerprint density at radius 1 is 1.47 bits per heavy atom. The van der Waals surface area contributed by atoms with Gasteiger partial charge < -0.3 is 9.57 Å². The third-order valence-corrected chi connectivity index (χ3v) is 2.08. The summed E-state index contributed by atoms with van der Waals surface area (Å²) in [6, 6.07) is 4.75. The monoisotopic (exact) mass is 213 g/mol. The molecule has 1 rings (SSSR count). The lowest BCUT2D eigenvalue weighted by molar-refractivity contribution is 0.0284. The zero-order valence-electron chi connectivity index (χ0n) is 9.21. The molecule has 0 radical (unpaired) electrons. The Bertz CT molecular complexity index is 317. The molecular weight excluding hydrogens is 197 g/mol. The molecule has 0 heterocycles. The smallest absolute Gasteiger partial charge is 0.165 e. The highest BCUT2D eigenvalue weighted by atomic mass is 19.1. The third-order valence-electron chi connectivity index (χ3n) is 2.08. The fourth-order valence-corrected chi connectivity index (χ4v) is 1.22. The van der Waals surface area contributed by atoms with Crippen molar-refractivity contribution < 1.29 is 14.0 Å². The van der Waals surface area contributed by atoms with Gasteiger partial charge in [-0.15, -0.1) is 0 Å². The summed E-state index contributed by atoms with van der Waals surface area (Å²) in [7, 11) is 1.45. The molecule has 0 bridgehead atoms. The van der Waals surface area contributed by atoms with E-state index >= 15 is 0 Å². The van der Waals surface area contributed by atoms with Crippen molar-refractivity contribution in [2.75, 3.05) is 13.7 Å². The van der Waals surface area contributed by atoms with Crippen molar-refractivity contribution in [2.24, 2.45) is 0 Å². The minimum absolute atomic E-state index is 0.000509. The Morgan fingerprint density at radius 2 is 2.20 bits per heavy atom. The fraction of sp³-hybridized carbons (Fsp3) is 0.455. The molecule has 0 saturated carbocycles. The predicted octanol–water partition coefficient (Wildman–Crippen LogP) is 2.44. The van der Waals surface area contributed by atoms with E-state index in [1.807, 2.05) is 13.8 Å². The molecule has 0 saturated heterocycles. The van der Waals surface area contributed by atoms with Crippen molar-refractivity contribution in [1.82, 2.24) is 5.48 Å². The number of halogens is 1. The Hall–Kier alpha value is -1.13. The lowest BCUT2D eigenvalue weighted by atomic mass is 10.1. The summed E-state index contributed by atoms with van der Waals surface area (Å²) >= 11 is 0. The largest absolute Gasteiger partial charge is 0.494 e. The molecule has 0 aromatic heterocycles. The number of hydroxylamine groups is 1. The Labute approximate surface area is 89.2 Å². The van der Waals surface area contributed by atoms with Crippen LogP contribution in [-0.2, 0) is 4.84 Å². The van der Waals surface area contributed by atoms with E-state index < -0.39 is 0 Å². The first-order chi connectivity index (χ1) is 7.19. The Balaban J connectivity index is 2.76. The van der Waals surface area contributed by atoms with Crippen LogP contribution in [0.3, 0.4) is 0 Å². The van der Waals surface area contributed by atoms with Gasteiger partial charge in [-0.3, -0.25) is 0 Å². The summed E-state index contributed by atoms with van der Waals surface area (Å²) in [6.45, 7) is 4.41. The number of benzene rings is 1. The highest BCUT2D eigenvalue weighted by Crippen LogP contribution is 2.22. The zero-order chi connectivity index (χ0) is 11.3. The first-order valence-corrected chi connectivity index (χ1v) is 4.89. The Morgan fingerprint density at radius 3 is 2.80 bits per heavy atom. The van der Waals surface area contributed by atoms with Gasteiger partial charge in [-0.05, 0) is 31.5 Å². The van der Waals surface area contributed by atoms with Crippen LogP contribution in [0.1, 0.15) is 25.5 Å². The number of methoxy groups -OCH3 is 1. The van der Waals surface area contributed by atoms with Gasteiger partial charge in [-0.1, -0.05) is 6.07 Å². The highest BCUT2D eigenvalue weighted by Gasteiger charge is 2.08. The van der Waals surface area contributed by atoms with E-state index in [9.17, 15) is 4.39 Å². The maximum atomic E-state index is 13.1. The first-order valence-electron chi connectivity index (χ1n) is 4.89. The van der Waals surface area contributed by atoms with Gasteiger partial charge in [0.2, 0.25) is 0 Å². The van der Waals surface area contributed by atoms with Gasteiger partial charge in [0.25, 0.3) is 0 Å². The van der Waals surface area contributed by atoms with Crippen LogP contribution in [0.5, 0.6) is 5.75 Å². The highest BCUT2D eigenvalue weighted by molar-refractivity contribution is 5.31. The van der Waals surface area contributed by atoms with Crippen molar-refractivity contribution in [1.29, 1.82) is 0 Å². The van der Waals surface area contributed by atoms with Crippen LogP contribution in [0.2, 0.25) is 0 Å². The van der Waals surface area contributed by atoms with Crippen LogP contribution in [-0.4, -0.2) is 13.7 Å². The summed E-state index contributed by atoms with van der Waals surface area (Å²) < 4.78 is 18.0. The van der Waals surface area contributed by atoms with Crippen LogP contribution in [0.15, 0.2) is 18.2 Å². The van der Waals surface area contributed by atoms with Gasteiger partial charge in [0.05, 0.1) is 19.8 Å². The van der Waals surface area contributed by atoms with Crippen LogP contribution >= 0.6 is 0 Å². The molecule has 1 atom stereocenters. The van der Waals surface area contributed by atoms with Crippen LogP contribution in [0.25, 0.3) is 0 Å². The van der Waals surface area contributed by atoms with Crippen molar-refractivity contribution in [3.8, 4) is 5.75 Å². The second-order valence-corrected chi connectivity index (χ2v) is 3.17. The molecule has 84 valence electrons. The maximum Gasteiger partial charge on any atom is 0.165 e.